The van der Waals surface area contributed by atoms with E-state index >= 15 is 0 Å². The number of benzene rings is 14. The zero-order valence-electron chi connectivity index (χ0n) is 45.5. The zero-order chi connectivity index (χ0) is 54.5. The minimum atomic E-state index is -0.278. The summed E-state index contributed by atoms with van der Waals surface area (Å²) >= 11 is 0. The highest BCUT2D eigenvalue weighted by molar-refractivity contribution is 6.25. The molecule has 0 saturated carbocycles. The van der Waals surface area contributed by atoms with E-state index in [1.165, 1.54) is 76.5 Å². The van der Waals surface area contributed by atoms with Crippen LogP contribution in [-0.4, -0.2) is 0 Å². The number of furan rings is 1. The Morgan fingerprint density at radius 1 is 0.268 bits per heavy atom. The number of nitrogens with zero attached hydrogens (tertiary/aromatic N) is 2. The molecule has 0 N–H and O–H groups in total. The van der Waals surface area contributed by atoms with Crippen LogP contribution >= 0.6 is 0 Å². The second-order valence-corrected chi connectivity index (χ2v) is 22.4. The van der Waals surface area contributed by atoms with Crippen molar-refractivity contribution >= 4 is 99.2 Å². The number of rotatable bonds is 9. The predicted molar refractivity (Wildman–Crippen MR) is 347 cm³/mol. The van der Waals surface area contributed by atoms with Gasteiger partial charge in [-0.1, -0.05) is 220 Å². The van der Waals surface area contributed by atoms with Crippen LogP contribution in [0.3, 0.4) is 0 Å². The van der Waals surface area contributed by atoms with Crippen molar-refractivity contribution in [2.75, 3.05) is 9.80 Å². The van der Waals surface area contributed by atoms with Gasteiger partial charge in [-0.15, -0.1) is 0 Å². The first-order chi connectivity index (χ1) is 40.4. The molecule has 0 spiro atoms. The molecule has 0 unspecified atom stereocenters. The molecule has 3 nitrogen and oxygen atoms in total. The Balaban J connectivity index is 0.776. The summed E-state index contributed by atoms with van der Waals surface area (Å²) in [5.74, 6) is 0. The summed E-state index contributed by atoms with van der Waals surface area (Å²) in [7, 11) is 0. The molecule has 0 saturated heterocycles. The average Bonchev–Trinajstić information content (AvgIpc) is 3.83. The van der Waals surface area contributed by atoms with Crippen LogP contribution in [0.15, 0.2) is 296 Å². The lowest BCUT2D eigenvalue weighted by molar-refractivity contribution is 0.660. The lowest BCUT2D eigenvalue weighted by Gasteiger charge is -2.28. The van der Waals surface area contributed by atoms with Crippen molar-refractivity contribution in [3.05, 3.63) is 302 Å². The molecule has 1 heterocycles. The number of hydrogen-bond donors (Lipinski definition) is 0. The molecular formula is C79H54N2O. The fraction of sp³-hybridized carbons (Fsp3) is 0.0380. The molecule has 0 radical (unpaired) electrons. The molecule has 0 fully saturated rings. The molecule has 0 bridgehead atoms. The SMILES string of the molecule is CC1(C)c2cc(-c3cccc4c3oc3ccccc34)ccc2-c2ccc(N(c3ccc(-c4ccc(N(c5ccccc5)c5cccc6ccccc56)cc4)cc3)c3ccc(-c4ccc5c6ccccc6c6ccccc6c5c4)cc3)cc21. The monoisotopic (exact) mass is 1050 g/mol. The van der Waals surface area contributed by atoms with Crippen LogP contribution in [0.25, 0.3) is 110 Å². The topological polar surface area (TPSA) is 19.6 Å². The standard InChI is InChI=1S/C79H54N2O/c1-79(2)74-49-56(63-26-15-27-72-71-25-12-13-29-77(71)82-78(63)72)37-46-69(74)70-47-44-61(50-75(70)79)80(59-40-34-53(35-41-59)55-36-45-68-66-23-9-8-21-64(66)65-22-10-11-24-67(65)73(68)48-55)58-38-30-51(31-39-58)52-32-42-60(43-33-52)81(57-18-4-3-5-19-57)76-28-14-17-54-16-6-7-20-62(54)76/h3-50H,1-2H3. The molecule has 0 amide bonds. The maximum Gasteiger partial charge on any atom is 0.143 e. The summed E-state index contributed by atoms with van der Waals surface area (Å²) in [5, 5.41) is 12.4. The molecule has 1 aliphatic rings. The largest absolute Gasteiger partial charge is 0.455 e. The molecule has 82 heavy (non-hydrogen) atoms. The van der Waals surface area contributed by atoms with Gasteiger partial charge < -0.3 is 14.2 Å². The van der Waals surface area contributed by atoms with Gasteiger partial charge in [-0.05, 0) is 173 Å². The van der Waals surface area contributed by atoms with Crippen molar-refractivity contribution in [2.24, 2.45) is 0 Å². The summed E-state index contributed by atoms with van der Waals surface area (Å²) in [5.41, 5.74) is 20.3. The van der Waals surface area contributed by atoms with Gasteiger partial charge in [-0.2, -0.15) is 0 Å². The van der Waals surface area contributed by atoms with Crippen LogP contribution < -0.4 is 9.80 Å². The Labute approximate surface area is 476 Å². The highest BCUT2D eigenvalue weighted by atomic mass is 16.3. The third kappa shape index (κ3) is 7.65. The smallest absolute Gasteiger partial charge is 0.143 e. The fourth-order valence-electron chi connectivity index (χ4n) is 13.4. The van der Waals surface area contributed by atoms with E-state index in [9.17, 15) is 0 Å². The first-order valence-corrected chi connectivity index (χ1v) is 28.4. The summed E-state index contributed by atoms with van der Waals surface area (Å²) < 4.78 is 6.56. The molecule has 1 aliphatic carbocycles. The first kappa shape index (κ1) is 47.5. The van der Waals surface area contributed by atoms with Gasteiger partial charge in [0.15, 0.2) is 0 Å². The molecule has 3 heteroatoms. The van der Waals surface area contributed by atoms with Crippen LogP contribution in [0, 0.1) is 0 Å². The summed E-state index contributed by atoms with van der Waals surface area (Å²) in [6.45, 7) is 4.76. The maximum absolute atomic E-state index is 6.56. The van der Waals surface area contributed by atoms with Crippen molar-refractivity contribution in [1.29, 1.82) is 0 Å². The number of hydrogen-bond acceptors (Lipinski definition) is 3. The molecule has 0 atom stereocenters. The first-order valence-electron chi connectivity index (χ1n) is 28.4. The van der Waals surface area contributed by atoms with Crippen molar-refractivity contribution in [3.8, 4) is 44.5 Å². The third-order valence-electron chi connectivity index (χ3n) is 17.4. The van der Waals surface area contributed by atoms with Crippen molar-refractivity contribution < 1.29 is 4.42 Å². The number of anilines is 6. The van der Waals surface area contributed by atoms with E-state index < -0.39 is 0 Å². The van der Waals surface area contributed by atoms with E-state index in [1.807, 2.05) is 6.07 Å². The van der Waals surface area contributed by atoms with Gasteiger partial charge in [0.2, 0.25) is 0 Å². The second kappa shape index (κ2) is 18.8. The Morgan fingerprint density at radius 2 is 0.720 bits per heavy atom. The molecular weight excluding hydrogens is 993 g/mol. The maximum atomic E-state index is 6.56. The summed E-state index contributed by atoms with van der Waals surface area (Å²) in [6, 6.07) is 107. The lowest BCUT2D eigenvalue weighted by Crippen LogP contribution is -2.16. The molecule has 1 aromatic heterocycles. The highest BCUT2D eigenvalue weighted by Crippen LogP contribution is 2.53. The quantitative estimate of drug-likeness (QED) is 0.134. The Bertz CT molecular complexity index is 4960. The van der Waals surface area contributed by atoms with Crippen LogP contribution in [0.4, 0.5) is 34.1 Å². The van der Waals surface area contributed by atoms with Gasteiger partial charge in [0, 0.05) is 55.6 Å². The third-order valence-corrected chi connectivity index (χ3v) is 17.4. The van der Waals surface area contributed by atoms with Gasteiger partial charge in [0.1, 0.15) is 11.2 Å². The Hall–Kier alpha value is -10.5. The Morgan fingerprint density at radius 3 is 1.39 bits per heavy atom. The van der Waals surface area contributed by atoms with Crippen LogP contribution in [0.2, 0.25) is 0 Å². The fourth-order valence-corrected chi connectivity index (χ4v) is 13.4. The minimum Gasteiger partial charge on any atom is -0.455 e. The van der Waals surface area contributed by atoms with Gasteiger partial charge in [0.05, 0.1) is 5.69 Å². The normalized spacial score (nSPS) is 12.6. The zero-order valence-corrected chi connectivity index (χ0v) is 45.5. The van der Waals surface area contributed by atoms with Crippen LogP contribution in [0.5, 0.6) is 0 Å². The van der Waals surface area contributed by atoms with Crippen molar-refractivity contribution in [2.45, 2.75) is 19.3 Å². The van der Waals surface area contributed by atoms with Gasteiger partial charge in [0.25, 0.3) is 0 Å². The lowest BCUT2D eigenvalue weighted by atomic mass is 9.81. The average molecular weight is 1050 g/mol. The van der Waals surface area contributed by atoms with Crippen LogP contribution in [-0.2, 0) is 5.41 Å². The van der Waals surface area contributed by atoms with Crippen molar-refractivity contribution in [3.63, 3.8) is 0 Å². The number of fused-ring (bicyclic) bond motifs is 13. The van der Waals surface area contributed by atoms with E-state index in [4.69, 9.17) is 4.42 Å². The number of para-hydroxylation sites is 3. The van der Waals surface area contributed by atoms with Gasteiger partial charge in [-0.3, -0.25) is 0 Å². The molecule has 386 valence electrons. The van der Waals surface area contributed by atoms with E-state index in [2.05, 4.69) is 309 Å². The second-order valence-electron chi connectivity index (χ2n) is 22.4. The highest BCUT2D eigenvalue weighted by Gasteiger charge is 2.37. The van der Waals surface area contributed by atoms with Crippen LogP contribution in [0.1, 0.15) is 25.0 Å². The molecule has 15 aromatic rings. The minimum absolute atomic E-state index is 0.278. The van der Waals surface area contributed by atoms with Gasteiger partial charge in [-0.25, -0.2) is 0 Å². The Kier molecular flexibility index (Phi) is 10.9. The summed E-state index contributed by atoms with van der Waals surface area (Å²) in [4.78, 5) is 4.78. The van der Waals surface area contributed by atoms with E-state index in [0.29, 0.717) is 0 Å². The van der Waals surface area contributed by atoms with E-state index in [0.717, 1.165) is 78.3 Å². The predicted octanol–water partition coefficient (Wildman–Crippen LogP) is 22.4. The molecule has 14 aromatic carbocycles. The van der Waals surface area contributed by atoms with Gasteiger partial charge >= 0.3 is 0 Å². The molecule has 16 rings (SSSR count). The van der Waals surface area contributed by atoms with E-state index in [-0.39, 0.29) is 5.41 Å². The van der Waals surface area contributed by atoms with E-state index in [1.54, 1.807) is 0 Å². The summed E-state index contributed by atoms with van der Waals surface area (Å²) in [6.07, 6.45) is 0. The van der Waals surface area contributed by atoms with Crippen molar-refractivity contribution in [1.82, 2.24) is 0 Å². The molecule has 0 aliphatic heterocycles.